The molecule has 2 rings (SSSR count). The number of anilines is 1. The number of nitrogens with zero attached hydrogens (tertiary/aromatic N) is 1. The quantitative estimate of drug-likeness (QED) is 0.371. The highest BCUT2D eigenvalue weighted by Crippen LogP contribution is 2.23. The summed E-state index contributed by atoms with van der Waals surface area (Å²) in [6.07, 6.45) is 3.19. The van der Waals surface area contributed by atoms with Crippen LogP contribution in [0.3, 0.4) is 0 Å². The van der Waals surface area contributed by atoms with Crippen molar-refractivity contribution in [3.8, 4) is 5.75 Å². The second kappa shape index (κ2) is 6.82. The van der Waals surface area contributed by atoms with Crippen molar-refractivity contribution in [2.24, 2.45) is 0 Å². The van der Waals surface area contributed by atoms with Crippen LogP contribution >= 0.6 is 0 Å². The predicted molar refractivity (Wildman–Crippen MR) is 79.2 cm³/mol. The lowest BCUT2D eigenvalue weighted by Gasteiger charge is -2.14. The molecular weight excluding hydrogens is 286 g/mol. The molecule has 1 heterocycles. The van der Waals surface area contributed by atoms with Crippen molar-refractivity contribution in [3.63, 3.8) is 0 Å². The van der Waals surface area contributed by atoms with Gasteiger partial charge in [0, 0.05) is 24.3 Å². The second-order valence-electron chi connectivity index (χ2n) is 4.66. The van der Waals surface area contributed by atoms with Gasteiger partial charge in [-0.2, -0.15) is 0 Å². The summed E-state index contributed by atoms with van der Waals surface area (Å²) in [5, 5.41) is 8.71. The van der Waals surface area contributed by atoms with Gasteiger partial charge in [-0.05, 0) is 37.1 Å². The number of ether oxygens (including phenoxy) is 1. The molecular formula is C16H15NO5. The summed E-state index contributed by atoms with van der Waals surface area (Å²) in [7, 11) is 0. The SMILES string of the molecule is C=C(CCCO)C(=O)Oc1ccc(N2C(=O)C=CC2=O)cc1. The molecule has 0 saturated heterocycles. The molecule has 2 amide bonds. The zero-order valence-electron chi connectivity index (χ0n) is 11.8. The minimum Gasteiger partial charge on any atom is -0.423 e. The first-order valence-corrected chi connectivity index (χ1v) is 6.70. The Kier molecular flexibility index (Phi) is 4.85. The van der Waals surface area contributed by atoms with Crippen LogP contribution in [0.25, 0.3) is 0 Å². The van der Waals surface area contributed by atoms with Crippen LogP contribution in [0.5, 0.6) is 5.75 Å². The van der Waals surface area contributed by atoms with E-state index in [1.165, 1.54) is 36.4 Å². The number of carbonyl (C=O) groups is 3. The zero-order valence-corrected chi connectivity index (χ0v) is 11.8. The van der Waals surface area contributed by atoms with E-state index in [1.807, 2.05) is 0 Å². The van der Waals surface area contributed by atoms with E-state index >= 15 is 0 Å². The van der Waals surface area contributed by atoms with Gasteiger partial charge in [-0.1, -0.05) is 6.58 Å². The lowest BCUT2D eigenvalue weighted by atomic mass is 10.2. The van der Waals surface area contributed by atoms with E-state index in [1.54, 1.807) is 0 Å². The highest BCUT2D eigenvalue weighted by Gasteiger charge is 2.24. The van der Waals surface area contributed by atoms with E-state index in [4.69, 9.17) is 9.84 Å². The molecule has 0 fully saturated rings. The average Bonchev–Trinajstić information content (AvgIpc) is 2.84. The summed E-state index contributed by atoms with van der Waals surface area (Å²) in [4.78, 5) is 35.8. The fraction of sp³-hybridized carbons (Fsp3) is 0.188. The Morgan fingerprint density at radius 3 is 2.27 bits per heavy atom. The number of aliphatic hydroxyl groups is 1. The number of aliphatic hydroxyl groups excluding tert-OH is 1. The molecule has 114 valence electrons. The summed E-state index contributed by atoms with van der Waals surface area (Å²) in [6, 6.07) is 6.01. The maximum atomic E-state index is 11.7. The topological polar surface area (TPSA) is 83.9 Å². The fourth-order valence-electron chi connectivity index (χ4n) is 1.89. The molecule has 6 nitrogen and oxygen atoms in total. The summed E-state index contributed by atoms with van der Waals surface area (Å²) in [5.41, 5.74) is 0.672. The van der Waals surface area contributed by atoms with Crippen LogP contribution in [-0.2, 0) is 14.4 Å². The zero-order chi connectivity index (χ0) is 16.1. The third-order valence-corrected chi connectivity index (χ3v) is 3.04. The highest BCUT2D eigenvalue weighted by molar-refractivity contribution is 6.28. The number of hydrogen-bond acceptors (Lipinski definition) is 5. The number of carbonyl (C=O) groups excluding carboxylic acids is 3. The minimum atomic E-state index is -0.573. The molecule has 0 aliphatic carbocycles. The van der Waals surface area contributed by atoms with Gasteiger partial charge in [0.25, 0.3) is 11.8 Å². The standard InChI is InChI=1S/C16H15NO5/c1-11(3-2-10-18)16(21)22-13-6-4-12(5-7-13)17-14(19)8-9-15(17)20/h4-9,18H,1-3,10H2. The number of benzene rings is 1. The largest absolute Gasteiger partial charge is 0.423 e. The number of amides is 2. The average molecular weight is 301 g/mol. The van der Waals surface area contributed by atoms with Crippen LogP contribution in [0, 0.1) is 0 Å². The first-order chi connectivity index (χ1) is 10.5. The van der Waals surface area contributed by atoms with Crippen molar-refractivity contribution in [2.45, 2.75) is 12.8 Å². The molecule has 0 saturated carbocycles. The third kappa shape index (κ3) is 3.48. The van der Waals surface area contributed by atoms with E-state index in [9.17, 15) is 14.4 Å². The van der Waals surface area contributed by atoms with Gasteiger partial charge in [0.15, 0.2) is 0 Å². The van der Waals surface area contributed by atoms with Crippen molar-refractivity contribution in [1.82, 2.24) is 0 Å². The Hall–Kier alpha value is -2.73. The number of imide groups is 1. The van der Waals surface area contributed by atoms with Gasteiger partial charge in [0.05, 0.1) is 5.69 Å². The van der Waals surface area contributed by atoms with Crippen molar-refractivity contribution < 1.29 is 24.2 Å². The van der Waals surface area contributed by atoms with Crippen molar-refractivity contribution in [2.75, 3.05) is 11.5 Å². The molecule has 22 heavy (non-hydrogen) atoms. The highest BCUT2D eigenvalue weighted by atomic mass is 16.5. The molecule has 1 N–H and O–H groups in total. The molecule has 1 aliphatic heterocycles. The van der Waals surface area contributed by atoms with Gasteiger partial charge in [0.1, 0.15) is 5.75 Å². The van der Waals surface area contributed by atoms with Crippen molar-refractivity contribution >= 4 is 23.5 Å². The van der Waals surface area contributed by atoms with Crippen LogP contribution in [0.4, 0.5) is 5.69 Å². The van der Waals surface area contributed by atoms with E-state index in [-0.39, 0.29) is 17.9 Å². The van der Waals surface area contributed by atoms with Crippen LogP contribution in [0.1, 0.15) is 12.8 Å². The predicted octanol–water partition coefficient (Wildman–Crippen LogP) is 1.35. The molecule has 6 heteroatoms. The van der Waals surface area contributed by atoms with Gasteiger partial charge < -0.3 is 9.84 Å². The molecule has 1 aromatic rings. The summed E-state index contributed by atoms with van der Waals surface area (Å²) in [5.74, 6) is -1.11. The Bertz CT molecular complexity index is 627. The van der Waals surface area contributed by atoms with Crippen molar-refractivity contribution in [1.29, 1.82) is 0 Å². The summed E-state index contributed by atoms with van der Waals surface area (Å²) < 4.78 is 5.12. The van der Waals surface area contributed by atoms with E-state index in [0.717, 1.165) is 4.90 Å². The van der Waals surface area contributed by atoms with Gasteiger partial charge >= 0.3 is 5.97 Å². The maximum absolute atomic E-state index is 11.7. The van der Waals surface area contributed by atoms with Crippen molar-refractivity contribution in [3.05, 3.63) is 48.6 Å². The Balaban J connectivity index is 2.00. The Morgan fingerprint density at radius 1 is 1.14 bits per heavy atom. The summed E-state index contributed by atoms with van der Waals surface area (Å²) >= 11 is 0. The Labute approximate surface area is 127 Å². The molecule has 0 aromatic heterocycles. The van der Waals surface area contributed by atoms with Gasteiger partial charge in [-0.3, -0.25) is 9.59 Å². The van der Waals surface area contributed by atoms with Gasteiger partial charge in [0.2, 0.25) is 0 Å². The fourth-order valence-corrected chi connectivity index (χ4v) is 1.89. The number of esters is 1. The number of hydrogen-bond donors (Lipinski definition) is 1. The smallest absolute Gasteiger partial charge is 0.338 e. The van der Waals surface area contributed by atoms with Gasteiger partial charge in [-0.15, -0.1) is 0 Å². The molecule has 0 atom stereocenters. The molecule has 0 unspecified atom stereocenters. The lowest BCUT2D eigenvalue weighted by molar-refractivity contribution is -0.130. The first-order valence-electron chi connectivity index (χ1n) is 6.70. The lowest BCUT2D eigenvalue weighted by Crippen LogP contribution is -2.29. The second-order valence-corrected chi connectivity index (χ2v) is 4.66. The van der Waals surface area contributed by atoms with Crippen LogP contribution in [-0.4, -0.2) is 29.5 Å². The molecule has 1 aliphatic rings. The number of rotatable bonds is 6. The monoisotopic (exact) mass is 301 g/mol. The normalized spacial score (nSPS) is 13.6. The van der Waals surface area contributed by atoms with E-state index < -0.39 is 17.8 Å². The van der Waals surface area contributed by atoms with E-state index in [2.05, 4.69) is 6.58 Å². The maximum Gasteiger partial charge on any atom is 0.338 e. The molecule has 0 bridgehead atoms. The summed E-state index contributed by atoms with van der Waals surface area (Å²) in [6.45, 7) is 3.58. The molecule has 0 spiro atoms. The van der Waals surface area contributed by atoms with Crippen LogP contribution in [0.15, 0.2) is 48.6 Å². The minimum absolute atomic E-state index is 0.0209. The van der Waals surface area contributed by atoms with Crippen LogP contribution < -0.4 is 9.64 Å². The Morgan fingerprint density at radius 2 is 1.73 bits per heavy atom. The third-order valence-electron chi connectivity index (χ3n) is 3.04. The van der Waals surface area contributed by atoms with Gasteiger partial charge in [-0.25, -0.2) is 9.69 Å². The van der Waals surface area contributed by atoms with Crippen LogP contribution in [0.2, 0.25) is 0 Å². The molecule has 1 aromatic carbocycles. The van der Waals surface area contributed by atoms with E-state index in [0.29, 0.717) is 18.5 Å². The first kappa shape index (κ1) is 15.7. The molecule has 0 radical (unpaired) electrons.